The van der Waals surface area contributed by atoms with Crippen molar-refractivity contribution in [1.82, 2.24) is 19.8 Å². The van der Waals surface area contributed by atoms with Gasteiger partial charge in [-0.1, -0.05) is 53.2 Å². The van der Waals surface area contributed by atoms with Crippen molar-refractivity contribution in [3.05, 3.63) is 76.6 Å². The molecule has 10 heteroatoms. The Kier molecular flexibility index (Phi) is 4.65. The van der Waals surface area contributed by atoms with Crippen LogP contribution in [0.3, 0.4) is 0 Å². The Balaban J connectivity index is 1.65. The molecule has 150 valence electrons. The van der Waals surface area contributed by atoms with Crippen molar-refractivity contribution in [3.8, 4) is 0 Å². The van der Waals surface area contributed by atoms with E-state index in [0.29, 0.717) is 17.4 Å². The van der Waals surface area contributed by atoms with Crippen LogP contribution in [-0.2, 0) is 16.4 Å². The first-order valence-electron chi connectivity index (χ1n) is 8.95. The van der Waals surface area contributed by atoms with Crippen LogP contribution in [-0.4, -0.2) is 28.2 Å². The smallest absolute Gasteiger partial charge is 0.229 e. The molecule has 0 spiro atoms. The van der Waals surface area contributed by atoms with E-state index in [1.54, 1.807) is 12.1 Å². The summed E-state index contributed by atoms with van der Waals surface area (Å²) in [5.41, 5.74) is 1.99. The summed E-state index contributed by atoms with van der Waals surface area (Å²) in [4.78, 5) is 4.63. The summed E-state index contributed by atoms with van der Waals surface area (Å²) in [5, 5.41) is 13.4. The topological polar surface area (TPSA) is 89.2 Å². The highest BCUT2D eigenvalue weighted by atomic mass is 35.5. The van der Waals surface area contributed by atoms with Crippen LogP contribution in [0.5, 0.6) is 0 Å². The van der Waals surface area contributed by atoms with E-state index in [1.807, 2.05) is 41.8 Å². The van der Waals surface area contributed by atoms with Crippen molar-refractivity contribution in [1.29, 1.82) is 0 Å². The molecule has 3 aromatic heterocycles. The van der Waals surface area contributed by atoms with Gasteiger partial charge in [-0.2, -0.15) is 4.52 Å². The van der Waals surface area contributed by atoms with Crippen molar-refractivity contribution >= 4 is 54.5 Å². The summed E-state index contributed by atoms with van der Waals surface area (Å²) in [7, 11) is -3.95. The second-order valence-corrected chi connectivity index (χ2v) is 9.74. The third-order valence-corrected chi connectivity index (χ3v) is 7.38. The molecule has 0 aliphatic rings. The van der Waals surface area contributed by atoms with E-state index in [1.165, 1.54) is 28.0 Å². The van der Waals surface area contributed by atoms with Crippen LogP contribution in [0, 0.1) is 0 Å². The van der Waals surface area contributed by atoms with Gasteiger partial charge in [-0.05, 0) is 35.2 Å². The van der Waals surface area contributed by atoms with Crippen LogP contribution >= 0.6 is 22.9 Å². The predicted molar refractivity (Wildman–Crippen MR) is 117 cm³/mol. The molecule has 0 radical (unpaired) electrons. The van der Waals surface area contributed by atoms with E-state index in [4.69, 9.17) is 11.6 Å². The number of thiophene rings is 1. The van der Waals surface area contributed by atoms with Crippen LogP contribution in [0.25, 0.3) is 15.9 Å². The van der Waals surface area contributed by atoms with Crippen molar-refractivity contribution < 1.29 is 8.42 Å². The molecule has 7 nitrogen and oxygen atoms in total. The Morgan fingerprint density at radius 3 is 2.70 bits per heavy atom. The number of nitrogens with zero attached hydrogens (tertiary/aromatic N) is 4. The molecular formula is C20H14ClN5O2S2. The molecule has 3 heterocycles. The molecule has 0 unspecified atom stereocenters. The number of fused-ring (bicyclic) bond motifs is 3. The Hall–Kier alpha value is -3.01. The van der Waals surface area contributed by atoms with E-state index in [2.05, 4.69) is 20.6 Å². The average molecular weight is 456 g/mol. The Morgan fingerprint density at radius 2 is 1.90 bits per heavy atom. The highest BCUT2D eigenvalue weighted by Crippen LogP contribution is 2.31. The predicted octanol–water partition coefficient (Wildman–Crippen LogP) is 4.44. The van der Waals surface area contributed by atoms with Gasteiger partial charge in [0.2, 0.25) is 14.9 Å². The SMILES string of the molecule is O=S(=O)(c1cccc(Cl)c1)c1nnn2c1nc(NCc1ccccc1)c1sccc12. The molecule has 1 N–H and O–H groups in total. The number of sulfone groups is 1. The first-order valence-corrected chi connectivity index (χ1v) is 11.7. The zero-order valence-electron chi connectivity index (χ0n) is 15.4. The molecular weight excluding hydrogens is 442 g/mol. The molecule has 0 saturated carbocycles. The molecule has 0 atom stereocenters. The fourth-order valence-corrected chi connectivity index (χ4v) is 5.52. The third kappa shape index (κ3) is 3.20. The van der Waals surface area contributed by atoms with Gasteiger partial charge in [0.25, 0.3) is 0 Å². The van der Waals surface area contributed by atoms with Crippen molar-refractivity contribution in [2.24, 2.45) is 0 Å². The number of anilines is 1. The normalized spacial score (nSPS) is 11.9. The molecule has 0 fully saturated rings. The van der Waals surface area contributed by atoms with E-state index < -0.39 is 9.84 Å². The lowest BCUT2D eigenvalue weighted by atomic mass is 10.2. The summed E-state index contributed by atoms with van der Waals surface area (Å²) in [6, 6.07) is 17.8. The van der Waals surface area contributed by atoms with Crippen LogP contribution in [0.1, 0.15) is 5.56 Å². The van der Waals surface area contributed by atoms with Crippen LogP contribution in [0.15, 0.2) is 76.0 Å². The van der Waals surface area contributed by atoms with Gasteiger partial charge in [0, 0.05) is 11.6 Å². The largest absolute Gasteiger partial charge is 0.365 e. The number of benzene rings is 2. The van der Waals surface area contributed by atoms with Gasteiger partial charge >= 0.3 is 0 Å². The second kappa shape index (κ2) is 7.35. The Labute approximate surface area is 180 Å². The van der Waals surface area contributed by atoms with E-state index >= 15 is 0 Å². The molecule has 0 amide bonds. The third-order valence-electron chi connectivity index (χ3n) is 4.59. The highest BCUT2D eigenvalue weighted by Gasteiger charge is 2.27. The summed E-state index contributed by atoms with van der Waals surface area (Å²) in [6.45, 7) is 0.551. The fourth-order valence-electron chi connectivity index (χ4n) is 3.14. The molecule has 0 bridgehead atoms. The molecule has 0 aliphatic carbocycles. The molecule has 5 rings (SSSR count). The molecule has 2 aromatic carbocycles. The number of hydrogen-bond acceptors (Lipinski definition) is 7. The van der Waals surface area contributed by atoms with Crippen LogP contribution in [0.2, 0.25) is 5.02 Å². The summed E-state index contributed by atoms with van der Waals surface area (Å²) < 4.78 is 28.7. The molecule has 0 aliphatic heterocycles. The van der Waals surface area contributed by atoms with Gasteiger partial charge in [-0.25, -0.2) is 13.4 Å². The minimum absolute atomic E-state index is 0.0448. The quantitative estimate of drug-likeness (QED) is 0.421. The minimum atomic E-state index is -3.95. The van der Waals surface area contributed by atoms with Gasteiger partial charge in [-0.3, -0.25) is 0 Å². The van der Waals surface area contributed by atoms with Crippen molar-refractivity contribution in [2.45, 2.75) is 16.5 Å². The number of nitrogens with one attached hydrogen (secondary N) is 1. The molecule has 0 saturated heterocycles. The number of halogens is 1. The molecule has 30 heavy (non-hydrogen) atoms. The summed E-state index contributed by atoms with van der Waals surface area (Å²) >= 11 is 7.49. The van der Waals surface area contributed by atoms with Gasteiger partial charge in [0.1, 0.15) is 5.82 Å². The van der Waals surface area contributed by atoms with Crippen LogP contribution < -0.4 is 5.32 Å². The maximum Gasteiger partial charge on any atom is 0.229 e. The van der Waals surface area contributed by atoms with Gasteiger partial charge in [0.05, 0.1) is 15.1 Å². The van der Waals surface area contributed by atoms with Gasteiger partial charge in [-0.15, -0.1) is 16.4 Å². The van der Waals surface area contributed by atoms with Gasteiger partial charge < -0.3 is 5.32 Å². The van der Waals surface area contributed by atoms with Crippen molar-refractivity contribution in [3.63, 3.8) is 0 Å². The van der Waals surface area contributed by atoms with Crippen molar-refractivity contribution in [2.75, 3.05) is 5.32 Å². The lowest BCUT2D eigenvalue weighted by molar-refractivity contribution is 0.592. The first-order chi connectivity index (χ1) is 14.5. The Morgan fingerprint density at radius 1 is 1.07 bits per heavy atom. The number of rotatable bonds is 5. The van der Waals surface area contributed by atoms with E-state index in [9.17, 15) is 8.42 Å². The summed E-state index contributed by atoms with van der Waals surface area (Å²) in [5.74, 6) is 0.584. The second-order valence-electron chi connectivity index (χ2n) is 6.53. The zero-order chi connectivity index (χ0) is 20.7. The zero-order valence-corrected chi connectivity index (χ0v) is 17.7. The fraction of sp³-hybridized carbons (Fsp3) is 0.0500. The summed E-state index contributed by atoms with van der Waals surface area (Å²) in [6.07, 6.45) is 0. The van der Waals surface area contributed by atoms with Gasteiger partial charge in [0.15, 0.2) is 5.65 Å². The minimum Gasteiger partial charge on any atom is -0.365 e. The standard InChI is InChI=1S/C20H14ClN5O2S2/c21-14-7-4-8-15(11-14)30(27,28)20-19-23-18(22-12-13-5-2-1-3-6-13)17-16(9-10-29-17)26(19)25-24-20/h1-11H,12H2,(H,22,23). The lowest BCUT2D eigenvalue weighted by Gasteiger charge is -2.08. The van der Waals surface area contributed by atoms with Crippen LogP contribution in [0.4, 0.5) is 5.82 Å². The lowest BCUT2D eigenvalue weighted by Crippen LogP contribution is -2.06. The Bertz CT molecular complexity index is 1480. The van der Waals surface area contributed by atoms with E-state index in [-0.39, 0.29) is 15.6 Å². The number of aromatic nitrogens is 4. The maximum absolute atomic E-state index is 13.2. The molecule has 5 aromatic rings. The maximum atomic E-state index is 13.2. The highest BCUT2D eigenvalue weighted by molar-refractivity contribution is 7.91. The number of hydrogen-bond donors (Lipinski definition) is 1. The average Bonchev–Trinajstić information content (AvgIpc) is 3.40. The monoisotopic (exact) mass is 455 g/mol. The first kappa shape index (κ1) is 19.0. The van der Waals surface area contributed by atoms with E-state index in [0.717, 1.165) is 15.8 Å².